The summed E-state index contributed by atoms with van der Waals surface area (Å²) in [5, 5.41) is 0.948. The van der Waals surface area contributed by atoms with Gasteiger partial charge in [0.15, 0.2) is 0 Å². The maximum Gasteiger partial charge on any atom is 0.355 e. The number of nitrogens with zero attached hydrogens (tertiary/aromatic N) is 2. The quantitative estimate of drug-likeness (QED) is 0.335. The minimum Gasteiger partial charge on any atom is -0.497 e. The molecule has 1 aliphatic rings. The average molecular weight is 469 g/mol. The van der Waals surface area contributed by atoms with Gasteiger partial charge in [-0.3, -0.25) is 4.79 Å². The van der Waals surface area contributed by atoms with E-state index < -0.39 is 5.97 Å². The van der Waals surface area contributed by atoms with E-state index in [2.05, 4.69) is 0 Å². The Labute approximate surface area is 204 Å². The second kappa shape index (κ2) is 9.29. The molecule has 0 aliphatic heterocycles. The number of hydrogen-bond acceptors (Lipinski definition) is 4. The van der Waals surface area contributed by atoms with Crippen LogP contribution in [0.5, 0.6) is 5.75 Å². The number of hydrogen-bond donors (Lipinski definition) is 0. The number of amides is 1. The molecule has 1 amide bonds. The summed E-state index contributed by atoms with van der Waals surface area (Å²) >= 11 is 0. The smallest absolute Gasteiger partial charge is 0.355 e. The predicted molar refractivity (Wildman–Crippen MR) is 137 cm³/mol. The summed E-state index contributed by atoms with van der Waals surface area (Å²) in [6, 6.07) is 23.6. The van der Waals surface area contributed by atoms with Gasteiger partial charge in [0, 0.05) is 41.7 Å². The highest BCUT2D eigenvalue weighted by Crippen LogP contribution is 2.38. The summed E-state index contributed by atoms with van der Waals surface area (Å²) in [4.78, 5) is 27.6. The van der Waals surface area contributed by atoms with Gasteiger partial charge in [-0.15, -0.1) is 0 Å². The van der Waals surface area contributed by atoms with Crippen molar-refractivity contribution < 1.29 is 19.1 Å². The van der Waals surface area contributed by atoms with Gasteiger partial charge in [-0.1, -0.05) is 42.5 Å². The molecule has 0 N–H and O–H groups in total. The van der Waals surface area contributed by atoms with Crippen molar-refractivity contribution in [2.45, 2.75) is 19.4 Å². The van der Waals surface area contributed by atoms with Gasteiger partial charge >= 0.3 is 5.97 Å². The van der Waals surface area contributed by atoms with Gasteiger partial charge < -0.3 is 18.9 Å². The molecule has 4 aromatic rings. The fraction of sp³-hybridized carbons (Fsp3) is 0.241. The first-order valence-corrected chi connectivity index (χ1v) is 11.7. The molecule has 35 heavy (non-hydrogen) atoms. The van der Waals surface area contributed by atoms with Crippen molar-refractivity contribution in [1.82, 2.24) is 4.57 Å². The Hall–Kier alpha value is -4.06. The van der Waals surface area contributed by atoms with Crippen LogP contribution in [0.2, 0.25) is 0 Å². The lowest BCUT2D eigenvalue weighted by Crippen LogP contribution is -2.27. The molecule has 1 aromatic heterocycles. The topological polar surface area (TPSA) is 60.8 Å². The highest BCUT2D eigenvalue weighted by Gasteiger charge is 2.33. The van der Waals surface area contributed by atoms with Gasteiger partial charge in [0.05, 0.1) is 14.2 Å². The van der Waals surface area contributed by atoms with Crippen LogP contribution in [0.15, 0.2) is 72.8 Å². The van der Waals surface area contributed by atoms with Crippen molar-refractivity contribution in [2.75, 3.05) is 26.2 Å². The highest BCUT2D eigenvalue weighted by molar-refractivity contribution is 6.09. The second-order valence-electron chi connectivity index (χ2n) is 8.89. The Kier molecular flexibility index (Phi) is 6.03. The Morgan fingerprint density at radius 1 is 0.971 bits per heavy atom. The molecule has 178 valence electrons. The summed E-state index contributed by atoms with van der Waals surface area (Å²) in [7, 11) is 4.85. The lowest BCUT2D eigenvalue weighted by Gasteiger charge is -2.18. The molecule has 0 unspecified atom stereocenters. The van der Waals surface area contributed by atoms with Crippen LogP contribution in [0, 0.1) is 5.92 Å². The number of rotatable bonds is 7. The van der Waals surface area contributed by atoms with Crippen LogP contribution in [-0.4, -0.2) is 37.7 Å². The summed E-state index contributed by atoms with van der Waals surface area (Å²) in [6.45, 7) is 0.474. The molecular formula is C29H28N2O4. The molecule has 1 fully saturated rings. The van der Waals surface area contributed by atoms with E-state index in [0.717, 1.165) is 51.9 Å². The monoisotopic (exact) mass is 468 g/mol. The number of carbonyl (C=O) groups is 2. The Morgan fingerprint density at radius 3 is 2.49 bits per heavy atom. The summed E-state index contributed by atoms with van der Waals surface area (Å²) in [6.07, 6.45) is 1.90. The van der Waals surface area contributed by atoms with Crippen LogP contribution in [0.4, 0.5) is 5.69 Å². The zero-order valence-electron chi connectivity index (χ0n) is 20.2. The van der Waals surface area contributed by atoms with Crippen LogP contribution in [0.1, 0.15) is 28.9 Å². The number of para-hydroxylation sites is 1. The fourth-order valence-corrected chi connectivity index (χ4v) is 4.62. The molecule has 0 saturated heterocycles. The summed E-state index contributed by atoms with van der Waals surface area (Å²) in [5.41, 5.74) is 4.87. The molecule has 0 spiro atoms. The average Bonchev–Trinajstić information content (AvgIpc) is 3.70. The van der Waals surface area contributed by atoms with E-state index in [4.69, 9.17) is 9.47 Å². The normalized spacial score (nSPS) is 13.0. The number of esters is 1. The molecule has 1 heterocycles. The number of fused-ring (bicyclic) bond motifs is 1. The van der Waals surface area contributed by atoms with E-state index in [0.29, 0.717) is 12.2 Å². The van der Waals surface area contributed by atoms with Crippen molar-refractivity contribution in [2.24, 2.45) is 5.92 Å². The van der Waals surface area contributed by atoms with E-state index in [-0.39, 0.29) is 11.8 Å². The molecule has 3 aromatic carbocycles. The van der Waals surface area contributed by atoms with Gasteiger partial charge in [0.25, 0.3) is 0 Å². The Bertz CT molecular complexity index is 1420. The largest absolute Gasteiger partial charge is 0.497 e. The van der Waals surface area contributed by atoms with Gasteiger partial charge in [-0.2, -0.15) is 0 Å². The molecule has 5 rings (SSSR count). The molecular weight excluding hydrogens is 440 g/mol. The van der Waals surface area contributed by atoms with Crippen LogP contribution in [0.3, 0.4) is 0 Å². The third kappa shape index (κ3) is 4.28. The first kappa shape index (κ1) is 22.7. The minimum atomic E-state index is -0.410. The zero-order valence-corrected chi connectivity index (χ0v) is 20.2. The van der Waals surface area contributed by atoms with E-state index in [9.17, 15) is 9.59 Å². The van der Waals surface area contributed by atoms with Crippen LogP contribution >= 0.6 is 0 Å². The maximum absolute atomic E-state index is 13.2. The molecule has 0 bridgehead atoms. The second-order valence-corrected chi connectivity index (χ2v) is 8.89. The summed E-state index contributed by atoms with van der Waals surface area (Å²) in [5.74, 6) is 0.608. The van der Waals surface area contributed by atoms with E-state index in [1.54, 1.807) is 12.0 Å². The lowest BCUT2D eigenvalue weighted by atomic mass is 10.0. The number of methoxy groups -OCH3 is 2. The van der Waals surface area contributed by atoms with Crippen molar-refractivity contribution in [3.8, 4) is 16.9 Å². The Balaban J connectivity index is 1.68. The number of carbonyl (C=O) groups excluding carboxylic acids is 2. The van der Waals surface area contributed by atoms with E-state index in [1.165, 1.54) is 7.11 Å². The lowest BCUT2D eigenvalue weighted by molar-refractivity contribution is -0.119. The highest BCUT2D eigenvalue weighted by atomic mass is 16.5. The number of ether oxygens (including phenoxy) is 2. The van der Waals surface area contributed by atoms with Gasteiger partial charge in [-0.25, -0.2) is 4.79 Å². The third-order valence-corrected chi connectivity index (χ3v) is 6.60. The van der Waals surface area contributed by atoms with E-state index >= 15 is 0 Å². The number of benzene rings is 3. The van der Waals surface area contributed by atoms with Crippen LogP contribution in [-0.2, 0) is 16.1 Å². The molecule has 1 saturated carbocycles. The SMILES string of the molecule is COC(=O)c1c(-c2cccc(N(C)C(=O)C3CC3)c2)c2ccccc2n1Cc1cccc(OC)c1. The molecule has 1 aliphatic carbocycles. The van der Waals surface area contributed by atoms with Crippen molar-refractivity contribution in [3.05, 3.63) is 84.1 Å². The molecule has 6 heteroatoms. The standard InChI is InChI=1S/C29H28N2O4/c1-30(28(32)20-14-15-20)22-10-7-9-21(17-22)26-24-12-4-5-13-25(24)31(27(26)29(33)35-3)18-19-8-6-11-23(16-19)34-2/h4-13,16-17,20H,14-15,18H2,1-3H3. The van der Waals surface area contributed by atoms with Gasteiger partial charge in [0.2, 0.25) is 5.91 Å². The first-order valence-electron chi connectivity index (χ1n) is 11.7. The van der Waals surface area contributed by atoms with Gasteiger partial charge in [-0.05, 0) is 54.3 Å². The molecule has 0 radical (unpaired) electrons. The minimum absolute atomic E-state index is 0.124. The summed E-state index contributed by atoms with van der Waals surface area (Å²) < 4.78 is 12.7. The Morgan fingerprint density at radius 2 is 1.74 bits per heavy atom. The molecule has 0 atom stereocenters. The molecule has 6 nitrogen and oxygen atoms in total. The van der Waals surface area contributed by atoms with E-state index in [1.807, 2.05) is 84.4 Å². The van der Waals surface area contributed by atoms with Crippen LogP contribution in [0.25, 0.3) is 22.0 Å². The van der Waals surface area contributed by atoms with Gasteiger partial charge in [0.1, 0.15) is 11.4 Å². The number of anilines is 1. The van der Waals surface area contributed by atoms with Crippen molar-refractivity contribution >= 4 is 28.5 Å². The first-order chi connectivity index (χ1) is 17.0. The maximum atomic E-state index is 13.2. The fourth-order valence-electron chi connectivity index (χ4n) is 4.62. The van der Waals surface area contributed by atoms with Crippen molar-refractivity contribution in [3.63, 3.8) is 0 Å². The van der Waals surface area contributed by atoms with Crippen LogP contribution < -0.4 is 9.64 Å². The third-order valence-electron chi connectivity index (χ3n) is 6.60. The van der Waals surface area contributed by atoms with Crippen molar-refractivity contribution in [1.29, 1.82) is 0 Å². The number of aromatic nitrogens is 1. The predicted octanol–water partition coefficient (Wildman–Crippen LogP) is 5.52. The zero-order chi connectivity index (χ0) is 24.5.